The van der Waals surface area contributed by atoms with E-state index >= 15 is 0 Å². The molecular formula is C13H16BrNO3. The number of ketones is 1. The molecule has 1 aliphatic rings. The molecule has 1 aromatic rings. The Morgan fingerprint density at radius 1 is 1.44 bits per heavy atom. The van der Waals surface area contributed by atoms with Crippen LogP contribution in [0.15, 0.2) is 10.5 Å². The highest BCUT2D eigenvalue weighted by atomic mass is 79.9. The third kappa shape index (κ3) is 2.37. The minimum Gasteiger partial charge on any atom is -0.486 e. The average molecular weight is 314 g/mol. The third-order valence-electron chi connectivity index (χ3n) is 2.87. The summed E-state index contributed by atoms with van der Waals surface area (Å²) in [7, 11) is 1.76. The quantitative estimate of drug-likeness (QED) is 0.866. The van der Waals surface area contributed by atoms with Gasteiger partial charge in [-0.15, -0.1) is 0 Å². The zero-order valence-corrected chi connectivity index (χ0v) is 12.1. The maximum atomic E-state index is 12.1. The van der Waals surface area contributed by atoms with Crippen LogP contribution in [0.5, 0.6) is 11.5 Å². The molecule has 0 amide bonds. The minimum absolute atomic E-state index is 0.0621. The van der Waals surface area contributed by atoms with Crippen molar-refractivity contribution in [1.29, 1.82) is 0 Å². The topological polar surface area (TPSA) is 47.6 Å². The maximum absolute atomic E-state index is 12.1. The molecule has 0 spiro atoms. The molecule has 0 atom stereocenters. The van der Waals surface area contributed by atoms with E-state index in [1.165, 1.54) is 0 Å². The Kier molecular flexibility index (Phi) is 4.24. The predicted molar refractivity (Wildman–Crippen MR) is 72.8 cm³/mol. The van der Waals surface area contributed by atoms with E-state index in [4.69, 9.17) is 9.47 Å². The molecule has 0 aromatic heterocycles. The van der Waals surface area contributed by atoms with Crippen molar-refractivity contribution in [2.75, 3.05) is 26.8 Å². The summed E-state index contributed by atoms with van der Waals surface area (Å²) in [6.07, 6.45) is 0.766. The van der Waals surface area contributed by atoms with Gasteiger partial charge in [-0.1, -0.05) is 6.92 Å². The van der Waals surface area contributed by atoms with E-state index in [1.54, 1.807) is 13.1 Å². The van der Waals surface area contributed by atoms with E-state index in [9.17, 15) is 4.79 Å². The molecule has 0 bridgehead atoms. The van der Waals surface area contributed by atoms with Gasteiger partial charge in [-0.3, -0.25) is 4.79 Å². The molecule has 2 rings (SSSR count). The van der Waals surface area contributed by atoms with Crippen LogP contribution in [0.2, 0.25) is 0 Å². The van der Waals surface area contributed by atoms with Gasteiger partial charge in [0.1, 0.15) is 13.2 Å². The lowest BCUT2D eigenvalue weighted by Crippen LogP contribution is -2.22. The van der Waals surface area contributed by atoms with Gasteiger partial charge >= 0.3 is 0 Å². The predicted octanol–water partition coefficient (Wildman–Crippen LogP) is 2.18. The van der Waals surface area contributed by atoms with Gasteiger partial charge in [0.05, 0.1) is 11.0 Å². The van der Waals surface area contributed by atoms with Gasteiger partial charge in [-0.25, -0.2) is 0 Å². The van der Waals surface area contributed by atoms with Crippen molar-refractivity contribution >= 4 is 21.7 Å². The molecule has 18 heavy (non-hydrogen) atoms. The van der Waals surface area contributed by atoms with Crippen LogP contribution in [0, 0.1) is 0 Å². The zero-order chi connectivity index (χ0) is 13.1. The zero-order valence-electron chi connectivity index (χ0n) is 10.5. The summed E-state index contributed by atoms with van der Waals surface area (Å²) in [5.41, 5.74) is 1.67. The van der Waals surface area contributed by atoms with Crippen LogP contribution in [-0.4, -0.2) is 32.6 Å². The van der Waals surface area contributed by atoms with Gasteiger partial charge in [-0.2, -0.15) is 0 Å². The number of hydrogen-bond donors (Lipinski definition) is 1. The first-order chi connectivity index (χ1) is 8.69. The van der Waals surface area contributed by atoms with Crippen LogP contribution in [-0.2, 0) is 6.42 Å². The Balaban J connectivity index is 2.52. The second kappa shape index (κ2) is 5.71. The number of carbonyl (C=O) groups excluding carboxylic acids is 1. The molecule has 0 saturated carbocycles. The highest BCUT2D eigenvalue weighted by molar-refractivity contribution is 9.10. The van der Waals surface area contributed by atoms with Crippen molar-refractivity contribution in [3.63, 3.8) is 0 Å². The number of benzene rings is 1. The van der Waals surface area contributed by atoms with Crippen LogP contribution in [0.25, 0.3) is 0 Å². The normalized spacial score (nSPS) is 13.5. The fourth-order valence-electron chi connectivity index (χ4n) is 2.03. The molecule has 1 heterocycles. The SMILES string of the molecule is CCc1c(C(=O)CNC)cc2c(c1Br)OCCO2. The van der Waals surface area contributed by atoms with Gasteiger partial charge in [0.2, 0.25) is 0 Å². The van der Waals surface area contributed by atoms with E-state index in [1.807, 2.05) is 6.92 Å². The second-order valence-corrected chi connectivity index (χ2v) is 4.84. The summed E-state index contributed by atoms with van der Waals surface area (Å²) < 4.78 is 12.0. The number of carbonyl (C=O) groups is 1. The molecule has 0 unspecified atom stereocenters. The molecular weight excluding hydrogens is 298 g/mol. The van der Waals surface area contributed by atoms with Gasteiger partial charge in [0.25, 0.3) is 0 Å². The van der Waals surface area contributed by atoms with E-state index < -0.39 is 0 Å². The number of halogens is 1. The Morgan fingerprint density at radius 3 is 2.83 bits per heavy atom. The molecule has 1 aliphatic heterocycles. The molecule has 5 heteroatoms. The number of nitrogens with one attached hydrogen (secondary N) is 1. The van der Waals surface area contributed by atoms with Crippen LogP contribution in [0.1, 0.15) is 22.8 Å². The van der Waals surface area contributed by atoms with Crippen molar-refractivity contribution in [3.05, 3.63) is 21.7 Å². The number of fused-ring (bicyclic) bond motifs is 1. The van der Waals surface area contributed by atoms with Gasteiger partial charge < -0.3 is 14.8 Å². The molecule has 0 fully saturated rings. The lowest BCUT2D eigenvalue weighted by atomic mass is 10.00. The van der Waals surface area contributed by atoms with Crippen LogP contribution in [0.4, 0.5) is 0 Å². The lowest BCUT2D eigenvalue weighted by Gasteiger charge is -2.22. The highest BCUT2D eigenvalue weighted by Gasteiger charge is 2.23. The minimum atomic E-state index is 0.0621. The van der Waals surface area contributed by atoms with Gasteiger partial charge in [0, 0.05) is 5.56 Å². The van der Waals surface area contributed by atoms with Crippen molar-refractivity contribution in [2.24, 2.45) is 0 Å². The fraction of sp³-hybridized carbons (Fsp3) is 0.462. The average Bonchev–Trinajstić information content (AvgIpc) is 2.39. The van der Waals surface area contributed by atoms with E-state index in [-0.39, 0.29) is 5.78 Å². The third-order valence-corrected chi connectivity index (χ3v) is 3.71. The van der Waals surface area contributed by atoms with Crippen molar-refractivity contribution in [3.8, 4) is 11.5 Å². The Labute approximate surface area is 115 Å². The Bertz CT molecular complexity index is 474. The molecule has 1 aromatic carbocycles. The van der Waals surface area contributed by atoms with Crippen molar-refractivity contribution < 1.29 is 14.3 Å². The number of ether oxygens (including phenoxy) is 2. The van der Waals surface area contributed by atoms with Crippen molar-refractivity contribution in [2.45, 2.75) is 13.3 Å². The number of hydrogen-bond acceptors (Lipinski definition) is 4. The first kappa shape index (κ1) is 13.4. The smallest absolute Gasteiger partial charge is 0.177 e. The Morgan fingerprint density at radius 2 is 2.17 bits per heavy atom. The summed E-state index contributed by atoms with van der Waals surface area (Å²) >= 11 is 3.52. The second-order valence-electron chi connectivity index (χ2n) is 4.05. The molecule has 0 saturated heterocycles. The standard InChI is InChI=1S/C13H16BrNO3/c1-3-8-9(10(16)7-15-2)6-11-13(12(8)14)18-5-4-17-11/h6,15H,3-5,7H2,1-2H3. The van der Waals surface area contributed by atoms with Gasteiger partial charge in [-0.05, 0) is 41.0 Å². The summed E-state index contributed by atoms with van der Waals surface area (Å²) in [5, 5.41) is 2.88. The first-order valence-corrected chi connectivity index (χ1v) is 6.77. The van der Waals surface area contributed by atoms with Crippen molar-refractivity contribution in [1.82, 2.24) is 5.32 Å². The summed E-state index contributed by atoms with van der Waals surface area (Å²) in [5.74, 6) is 1.41. The first-order valence-electron chi connectivity index (χ1n) is 5.97. The number of likely N-dealkylation sites (N-methyl/N-ethyl adjacent to an activating group) is 1. The number of rotatable bonds is 4. The maximum Gasteiger partial charge on any atom is 0.177 e. The van der Waals surface area contributed by atoms with E-state index in [0.29, 0.717) is 36.8 Å². The van der Waals surface area contributed by atoms with E-state index in [2.05, 4.69) is 21.2 Å². The summed E-state index contributed by atoms with van der Waals surface area (Å²) in [4.78, 5) is 12.1. The van der Waals surface area contributed by atoms with Gasteiger partial charge in [0.15, 0.2) is 17.3 Å². The van der Waals surface area contributed by atoms with Crippen LogP contribution in [0.3, 0.4) is 0 Å². The summed E-state index contributed by atoms with van der Waals surface area (Å²) in [6.45, 7) is 3.40. The molecule has 98 valence electrons. The number of Topliss-reactive ketones (excluding diaryl/α,β-unsaturated/α-hetero) is 1. The monoisotopic (exact) mass is 313 g/mol. The highest BCUT2D eigenvalue weighted by Crippen LogP contribution is 2.41. The summed E-state index contributed by atoms with van der Waals surface area (Å²) in [6, 6.07) is 1.79. The van der Waals surface area contributed by atoms with Crippen LogP contribution >= 0.6 is 15.9 Å². The molecule has 0 aliphatic carbocycles. The molecule has 1 N–H and O–H groups in total. The fourth-order valence-corrected chi connectivity index (χ4v) is 2.84. The van der Waals surface area contributed by atoms with Crippen LogP contribution < -0.4 is 14.8 Å². The largest absolute Gasteiger partial charge is 0.486 e. The molecule has 4 nitrogen and oxygen atoms in total. The molecule has 0 radical (unpaired) electrons. The van der Waals surface area contributed by atoms with E-state index in [0.717, 1.165) is 16.5 Å². The lowest BCUT2D eigenvalue weighted by molar-refractivity contribution is 0.0991. The Hall–Kier alpha value is -1.07.